The fraction of sp³-hybridized carbons (Fsp3) is 0.250. The summed E-state index contributed by atoms with van der Waals surface area (Å²) < 4.78 is 10.4. The average molecular weight is 482 g/mol. The van der Waals surface area contributed by atoms with Crippen molar-refractivity contribution in [1.29, 1.82) is 0 Å². The van der Waals surface area contributed by atoms with Gasteiger partial charge in [0, 0.05) is 10.4 Å². The molecule has 176 valence electrons. The zero-order valence-electron chi connectivity index (χ0n) is 18.9. The van der Waals surface area contributed by atoms with Crippen LogP contribution in [-0.2, 0) is 11.3 Å². The molecule has 9 nitrogen and oxygen atoms in total. The summed E-state index contributed by atoms with van der Waals surface area (Å²) in [7, 11) is 3.04. The van der Waals surface area contributed by atoms with E-state index in [0.717, 1.165) is 15.6 Å². The number of thiazole rings is 1. The van der Waals surface area contributed by atoms with Gasteiger partial charge >= 0.3 is 0 Å². The highest BCUT2D eigenvalue weighted by Gasteiger charge is 2.36. The molecule has 0 bridgehead atoms. The minimum Gasteiger partial charge on any atom is -0.493 e. The summed E-state index contributed by atoms with van der Waals surface area (Å²) in [5.74, 6) is -0.209. The van der Waals surface area contributed by atoms with Crippen molar-refractivity contribution in [2.75, 3.05) is 26.1 Å². The molecule has 1 N–H and O–H groups in total. The number of carbonyl (C=O) groups is 3. The van der Waals surface area contributed by atoms with Crippen LogP contribution < -0.4 is 14.8 Å². The van der Waals surface area contributed by atoms with Crippen molar-refractivity contribution in [1.82, 2.24) is 10.0 Å². The van der Waals surface area contributed by atoms with Crippen LogP contribution in [0.15, 0.2) is 42.5 Å². The third kappa shape index (κ3) is 4.63. The summed E-state index contributed by atoms with van der Waals surface area (Å²) in [4.78, 5) is 48.2. The molecule has 2 heterocycles. The second kappa shape index (κ2) is 10.0. The number of fused-ring (bicyclic) bond motifs is 1. The molecule has 3 aromatic rings. The number of ether oxygens (including phenoxy) is 2. The van der Waals surface area contributed by atoms with Gasteiger partial charge in [0.05, 0.1) is 37.6 Å². The molecule has 0 saturated heterocycles. The summed E-state index contributed by atoms with van der Waals surface area (Å²) in [5.41, 5.74) is 1.91. The van der Waals surface area contributed by atoms with Crippen molar-refractivity contribution in [3.8, 4) is 11.5 Å². The van der Waals surface area contributed by atoms with Crippen LogP contribution in [-0.4, -0.2) is 48.6 Å². The Hall–Kier alpha value is -3.76. The van der Waals surface area contributed by atoms with Crippen molar-refractivity contribution < 1.29 is 28.7 Å². The van der Waals surface area contributed by atoms with E-state index in [9.17, 15) is 14.4 Å². The Morgan fingerprint density at radius 1 is 1.03 bits per heavy atom. The normalized spacial score (nSPS) is 12.6. The number of amides is 3. The summed E-state index contributed by atoms with van der Waals surface area (Å²) in [5, 5.41) is 4.11. The Bertz CT molecular complexity index is 1220. The first kappa shape index (κ1) is 23.4. The lowest BCUT2D eigenvalue weighted by Gasteiger charge is -2.12. The Morgan fingerprint density at radius 2 is 1.71 bits per heavy atom. The summed E-state index contributed by atoms with van der Waals surface area (Å²) in [6.45, 7) is 2.05. The molecule has 10 heteroatoms. The molecule has 0 spiro atoms. The number of methoxy groups -OCH3 is 2. The van der Waals surface area contributed by atoms with Crippen molar-refractivity contribution >= 4 is 34.2 Å². The number of hydroxylamine groups is 2. The maximum Gasteiger partial charge on any atom is 0.285 e. The van der Waals surface area contributed by atoms with Gasteiger partial charge < -0.3 is 9.47 Å². The first-order valence-corrected chi connectivity index (χ1v) is 11.3. The molecule has 34 heavy (non-hydrogen) atoms. The van der Waals surface area contributed by atoms with Gasteiger partial charge in [-0.15, -0.1) is 16.4 Å². The number of nitrogens with zero attached hydrogens (tertiary/aromatic N) is 2. The summed E-state index contributed by atoms with van der Waals surface area (Å²) in [6, 6.07) is 11.6. The van der Waals surface area contributed by atoms with Crippen LogP contribution >= 0.6 is 11.3 Å². The first-order chi connectivity index (χ1) is 16.4. The number of benzene rings is 2. The molecule has 2 aromatic carbocycles. The van der Waals surface area contributed by atoms with Crippen molar-refractivity contribution in [3.63, 3.8) is 0 Å². The predicted molar refractivity (Wildman–Crippen MR) is 126 cm³/mol. The van der Waals surface area contributed by atoms with E-state index in [2.05, 4.69) is 10.3 Å². The lowest BCUT2D eigenvalue weighted by Crippen LogP contribution is -2.30. The second-order valence-electron chi connectivity index (χ2n) is 7.44. The monoisotopic (exact) mass is 481 g/mol. The van der Waals surface area contributed by atoms with Gasteiger partial charge in [0.25, 0.3) is 17.7 Å². The Kier molecular flexibility index (Phi) is 6.90. The van der Waals surface area contributed by atoms with Crippen LogP contribution in [0.3, 0.4) is 0 Å². The van der Waals surface area contributed by atoms with Crippen LogP contribution in [0.25, 0.3) is 0 Å². The molecule has 1 aliphatic heterocycles. The van der Waals surface area contributed by atoms with E-state index < -0.39 is 11.8 Å². The number of anilines is 1. The molecular weight excluding hydrogens is 458 g/mol. The molecule has 0 aliphatic carbocycles. The van der Waals surface area contributed by atoms with Crippen LogP contribution in [0.4, 0.5) is 5.13 Å². The number of hydrogen-bond acceptors (Lipinski definition) is 8. The minimum absolute atomic E-state index is 0.191. The molecule has 0 unspecified atom stereocenters. The zero-order valence-corrected chi connectivity index (χ0v) is 19.7. The molecule has 1 aliphatic rings. The van der Waals surface area contributed by atoms with Gasteiger partial charge in [-0.25, -0.2) is 4.98 Å². The third-order valence-electron chi connectivity index (χ3n) is 5.28. The quantitative estimate of drug-likeness (QED) is 0.365. The van der Waals surface area contributed by atoms with Gasteiger partial charge in [0.1, 0.15) is 0 Å². The second-order valence-corrected chi connectivity index (χ2v) is 8.52. The lowest BCUT2D eigenvalue weighted by molar-refractivity contribution is -0.0918. The highest BCUT2D eigenvalue weighted by Crippen LogP contribution is 2.29. The van der Waals surface area contributed by atoms with Crippen LogP contribution in [0.2, 0.25) is 0 Å². The van der Waals surface area contributed by atoms with Gasteiger partial charge in [-0.05, 0) is 50.1 Å². The van der Waals surface area contributed by atoms with Crippen molar-refractivity contribution in [2.45, 2.75) is 19.8 Å². The highest BCUT2D eigenvalue weighted by molar-refractivity contribution is 7.15. The standard InChI is InChI=1S/C24H23N3O6S/c1-14-20(9-6-12-33-27-22(29)16-7-4-5-8-17(16)23(27)30)34-24(25-14)26-21(28)15-10-11-18(31-2)19(13-15)32-3/h4-5,7-8,10-11,13H,6,9,12H2,1-3H3,(H,25,26,28). The molecule has 0 fully saturated rings. The zero-order chi connectivity index (χ0) is 24.2. The maximum atomic E-state index is 12.6. The molecule has 1 aromatic heterocycles. The Balaban J connectivity index is 1.31. The SMILES string of the molecule is COc1ccc(C(=O)Nc2nc(C)c(CCCON3C(=O)c4ccccc4C3=O)s2)cc1OC. The molecule has 0 atom stereocenters. The summed E-state index contributed by atoms with van der Waals surface area (Å²) in [6.07, 6.45) is 1.19. The Labute approximate surface area is 200 Å². The number of aryl methyl sites for hydroxylation is 2. The minimum atomic E-state index is -0.449. The fourth-order valence-corrected chi connectivity index (χ4v) is 4.53. The smallest absolute Gasteiger partial charge is 0.285 e. The molecule has 3 amide bonds. The molecule has 0 saturated carbocycles. The van der Waals surface area contributed by atoms with E-state index in [1.54, 1.807) is 42.5 Å². The first-order valence-electron chi connectivity index (χ1n) is 10.5. The molecule has 4 rings (SSSR count). The van der Waals surface area contributed by atoms with Crippen molar-refractivity contribution in [2.24, 2.45) is 0 Å². The number of imide groups is 1. The summed E-state index contributed by atoms with van der Waals surface area (Å²) >= 11 is 1.37. The van der Waals surface area contributed by atoms with E-state index in [4.69, 9.17) is 14.3 Å². The third-order valence-corrected chi connectivity index (χ3v) is 6.42. The van der Waals surface area contributed by atoms with Crippen molar-refractivity contribution in [3.05, 3.63) is 69.7 Å². The molecular formula is C24H23N3O6S. The highest BCUT2D eigenvalue weighted by atomic mass is 32.1. The van der Waals surface area contributed by atoms with Crippen LogP contribution in [0.1, 0.15) is 48.1 Å². The fourth-order valence-electron chi connectivity index (χ4n) is 3.53. The van der Waals surface area contributed by atoms with Gasteiger partial charge in [0.15, 0.2) is 16.6 Å². The lowest BCUT2D eigenvalue weighted by atomic mass is 10.1. The maximum absolute atomic E-state index is 12.6. The number of rotatable bonds is 9. The number of nitrogens with one attached hydrogen (secondary N) is 1. The largest absolute Gasteiger partial charge is 0.493 e. The van der Waals surface area contributed by atoms with Crippen LogP contribution in [0.5, 0.6) is 11.5 Å². The topological polar surface area (TPSA) is 107 Å². The number of carbonyl (C=O) groups excluding carboxylic acids is 3. The average Bonchev–Trinajstić information content (AvgIpc) is 3.32. The predicted octanol–water partition coefficient (Wildman–Crippen LogP) is 3.88. The van der Waals surface area contributed by atoms with E-state index >= 15 is 0 Å². The number of hydrogen-bond donors (Lipinski definition) is 1. The van der Waals surface area contributed by atoms with Gasteiger partial charge in [-0.1, -0.05) is 12.1 Å². The molecule has 0 radical (unpaired) electrons. The van der Waals surface area contributed by atoms with E-state index in [-0.39, 0.29) is 12.5 Å². The van der Waals surface area contributed by atoms with E-state index in [1.807, 2.05) is 6.92 Å². The van der Waals surface area contributed by atoms with Gasteiger partial charge in [-0.3, -0.25) is 24.5 Å². The van der Waals surface area contributed by atoms with E-state index in [1.165, 1.54) is 25.6 Å². The van der Waals surface area contributed by atoms with Gasteiger partial charge in [0.2, 0.25) is 0 Å². The van der Waals surface area contributed by atoms with Gasteiger partial charge in [-0.2, -0.15) is 0 Å². The Morgan fingerprint density at radius 3 is 2.35 bits per heavy atom. The number of aromatic nitrogens is 1. The van der Waals surface area contributed by atoms with Crippen LogP contribution in [0, 0.1) is 6.92 Å². The van der Waals surface area contributed by atoms with E-state index in [0.29, 0.717) is 46.2 Å².